The molecule has 20 heavy (non-hydrogen) atoms. The molecule has 0 aromatic rings. The number of carbonyl (C=O) groups excluding carboxylic acids is 1. The van der Waals surface area contributed by atoms with Crippen LogP contribution < -0.4 is 10.2 Å². The average Bonchev–Trinajstić information content (AvgIpc) is 2.41. The zero-order valence-corrected chi connectivity index (χ0v) is 14.5. The highest BCUT2D eigenvalue weighted by molar-refractivity contribution is 6.68. The van der Waals surface area contributed by atoms with Crippen LogP contribution in [-0.2, 0) is 4.79 Å². The van der Waals surface area contributed by atoms with Crippen molar-refractivity contribution in [3.05, 3.63) is 0 Å². The second kappa shape index (κ2) is 9.34. The van der Waals surface area contributed by atoms with Crippen molar-refractivity contribution < 1.29 is 9.69 Å². The van der Waals surface area contributed by atoms with E-state index in [4.69, 9.17) is 34.8 Å². The number of rotatable bonds is 7. The van der Waals surface area contributed by atoms with E-state index in [-0.39, 0.29) is 5.91 Å². The second-order valence-corrected chi connectivity index (χ2v) is 7.94. The molecule has 1 atom stereocenters. The lowest BCUT2D eigenvalue weighted by Crippen LogP contribution is -3.20. The normalized spacial score (nSPS) is 18.8. The number of amides is 1. The smallest absolute Gasteiger partial charge is 0.262 e. The molecule has 1 heterocycles. The topological polar surface area (TPSA) is 33.5 Å². The number of hydrogen-bond acceptors (Lipinski definition) is 1. The summed E-state index contributed by atoms with van der Waals surface area (Å²) in [6.07, 6.45) is 7.87. The van der Waals surface area contributed by atoms with Gasteiger partial charge in [-0.05, 0) is 25.7 Å². The third kappa shape index (κ3) is 6.84. The predicted molar refractivity (Wildman–Crippen MR) is 85.5 cm³/mol. The molecule has 0 aliphatic carbocycles. The fourth-order valence-electron chi connectivity index (χ4n) is 2.66. The van der Waals surface area contributed by atoms with Gasteiger partial charge >= 0.3 is 0 Å². The first-order chi connectivity index (χ1) is 9.45. The van der Waals surface area contributed by atoms with Gasteiger partial charge in [0.15, 0.2) is 0 Å². The largest absolute Gasteiger partial charge is 0.312 e. The molecule has 0 aromatic heterocycles. The molecule has 2 N–H and O–H groups in total. The lowest BCUT2D eigenvalue weighted by Gasteiger charge is -2.35. The summed E-state index contributed by atoms with van der Waals surface area (Å²) in [5.41, 5.74) is 0. The maximum absolute atomic E-state index is 12.0. The van der Waals surface area contributed by atoms with Gasteiger partial charge in [0.25, 0.3) is 3.79 Å². The lowest BCUT2D eigenvalue weighted by atomic mass is 10.1. The van der Waals surface area contributed by atoms with Crippen LogP contribution in [0.2, 0.25) is 0 Å². The van der Waals surface area contributed by atoms with E-state index >= 15 is 0 Å². The molecule has 1 aliphatic heterocycles. The molecular weight excluding hydrogens is 319 g/mol. The fourth-order valence-corrected chi connectivity index (χ4v) is 3.28. The lowest BCUT2D eigenvalue weighted by molar-refractivity contribution is -0.931. The number of unbranched alkanes of at least 4 members (excludes halogenated alkanes) is 3. The summed E-state index contributed by atoms with van der Waals surface area (Å²) in [6.45, 7) is 4.06. The zero-order chi connectivity index (χ0) is 15.0. The molecule has 1 saturated heterocycles. The molecule has 6 heteroatoms. The Bertz CT molecular complexity index is 289. The fraction of sp³-hybridized carbons (Fsp3) is 0.929. The molecule has 0 aromatic carbocycles. The number of halogens is 3. The summed E-state index contributed by atoms with van der Waals surface area (Å²) < 4.78 is -1.45. The molecule has 1 fully saturated rings. The van der Waals surface area contributed by atoms with Crippen molar-refractivity contribution in [1.29, 1.82) is 0 Å². The number of alkyl halides is 3. The standard InChI is InChI=1S/C14H25Cl3N2O/c1-2-3-4-6-9-12(20)18-13(14(15,16)17)19-10-7-5-8-11-19/h13H,2-11H2,1H3,(H,18,20)/p+1/t13-/m1/s1. The number of likely N-dealkylation sites (tertiary alicyclic amines) is 1. The van der Waals surface area contributed by atoms with Crippen molar-refractivity contribution in [3.63, 3.8) is 0 Å². The van der Waals surface area contributed by atoms with Gasteiger partial charge in [-0.15, -0.1) is 0 Å². The highest BCUT2D eigenvalue weighted by atomic mass is 35.6. The Hall–Kier alpha value is 0.300. The van der Waals surface area contributed by atoms with Gasteiger partial charge in [-0.3, -0.25) is 4.79 Å². The highest BCUT2D eigenvalue weighted by Gasteiger charge is 2.42. The van der Waals surface area contributed by atoms with Crippen LogP contribution in [0, 0.1) is 0 Å². The van der Waals surface area contributed by atoms with Gasteiger partial charge in [-0.25, -0.2) is 0 Å². The minimum absolute atomic E-state index is 0.00417. The summed E-state index contributed by atoms with van der Waals surface area (Å²) in [5.74, 6) is -0.00417. The van der Waals surface area contributed by atoms with E-state index in [1.165, 1.54) is 17.7 Å². The molecule has 3 nitrogen and oxygen atoms in total. The van der Waals surface area contributed by atoms with Crippen molar-refractivity contribution in [1.82, 2.24) is 5.32 Å². The summed E-state index contributed by atoms with van der Waals surface area (Å²) in [6, 6.07) is 0. The van der Waals surface area contributed by atoms with Crippen LogP contribution in [0.25, 0.3) is 0 Å². The average molecular weight is 345 g/mol. The number of carbonyl (C=O) groups is 1. The molecule has 1 aliphatic rings. The SMILES string of the molecule is CCCCCCC(=O)N[C@H]([NH+]1CCCCC1)C(Cl)(Cl)Cl. The molecule has 0 unspecified atom stereocenters. The van der Waals surface area contributed by atoms with Crippen molar-refractivity contribution in [2.24, 2.45) is 0 Å². The van der Waals surface area contributed by atoms with E-state index in [0.29, 0.717) is 6.42 Å². The van der Waals surface area contributed by atoms with Crippen molar-refractivity contribution in [2.45, 2.75) is 68.2 Å². The number of hydrogen-bond donors (Lipinski definition) is 2. The van der Waals surface area contributed by atoms with E-state index in [1.807, 2.05) is 0 Å². The summed E-state index contributed by atoms with van der Waals surface area (Å²) in [5, 5.41) is 2.93. The van der Waals surface area contributed by atoms with Crippen LogP contribution in [0.3, 0.4) is 0 Å². The maximum atomic E-state index is 12.0. The maximum Gasteiger partial charge on any atom is 0.262 e. The Morgan fingerprint density at radius 1 is 1.15 bits per heavy atom. The van der Waals surface area contributed by atoms with E-state index in [9.17, 15) is 4.79 Å². The Morgan fingerprint density at radius 2 is 1.80 bits per heavy atom. The predicted octanol–water partition coefficient (Wildman–Crippen LogP) is 2.84. The quantitative estimate of drug-likeness (QED) is 0.540. The molecular formula is C14H26Cl3N2O+. The van der Waals surface area contributed by atoms with Gasteiger partial charge in [-0.1, -0.05) is 61.0 Å². The number of piperidine rings is 1. The van der Waals surface area contributed by atoms with E-state index < -0.39 is 9.96 Å². The second-order valence-electron chi connectivity index (χ2n) is 5.57. The molecule has 118 valence electrons. The number of quaternary nitrogens is 1. The van der Waals surface area contributed by atoms with Crippen molar-refractivity contribution in [3.8, 4) is 0 Å². The minimum Gasteiger partial charge on any atom is -0.312 e. The molecule has 0 spiro atoms. The van der Waals surface area contributed by atoms with Crippen LogP contribution in [0.15, 0.2) is 0 Å². The van der Waals surface area contributed by atoms with Gasteiger partial charge < -0.3 is 10.2 Å². The summed E-state index contributed by atoms with van der Waals surface area (Å²) in [4.78, 5) is 13.2. The summed E-state index contributed by atoms with van der Waals surface area (Å²) in [7, 11) is 0. The third-order valence-electron chi connectivity index (χ3n) is 3.79. The zero-order valence-electron chi connectivity index (χ0n) is 12.2. The monoisotopic (exact) mass is 343 g/mol. The van der Waals surface area contributed by atoms with Gasteiger partial charge in [0.1, 0.15) is 0 Å². The van der Waals surface area contributed by atoms with Gasteiger partial charge in [0.05, 0.1) is 13.1 Å². The third-order valence-corrected chi connectivity index (χ3v) is 4.45. The Balaban J connectivity index is 2.45. The molecule has 0 bridgehead atoms. The highest BCUT2D eigenvalue weighted by Crippen LogP contribution is 2.28. The Labute approximate surface area is 137 Å². The van der Waals surface area contributed by atoms with E-state index in [0.717, 1.165) is 45.2 Å². The first-order valence-electron chi connectivity index (χ1n) is 7.65. The Kier molecular flexibility index (Phi) is 8.57. The minimum atomic E-state index is -1.45. The van der Waals surface area contributed by atoms with Gasteiger partial charge in [0.2, 0.25) is 12.1 Å². The van der Waals surface area contributed by atoms with Crippen LogP contribution >= 0.6 is 34.8 Å². The summed E-state index contributed by atoms with van der Waals surface area (Å²) >= 11 is 18.2. The first-order valence-corrected chi connectivity index (χ1v) is 8.79. The van der Waals surface area contributed by atoms with E-state index in [1.54, 1.807) is 0 Å². The first kappa shape index (κ1) is 18.3. The van der Waals surface area contributed by atoms with Crippen LogP contribution in [0.4, 0.5) is 0 Å². The molecule has 0 saturated carbocycles. The van der Waals surface area contributed by atoms with Crippen LogP contribution in [-0.4, -0.2) is 29.0 Å². The van der Waals surface area contributed by atoms with Gasteiger partial charge in [-0.2, -0.15) is 0 Å². The van der Waals surface area contributed by atoms with Crippen molar-refractivity contribution in [2.75, 3.05) is 13.1 Å². The van der Waals surface area contributed by atoms with Crippen molar-refractivity contribution >= 4 is 40.7 Å². The molecule has 0 radical (unpaired) electrons. The molecule has 1 amide bonds. The molecule has 1 rings (SSSR count). The van der Waals surface area contributed by atoms with Gasteiger partial charge in [0, 0.05) is 6.42 Å². The van der Waals surface area contributed by atoms with E-state index in [2.05, 4.69) is 12.2 Å². The van der Waals surface area contributed by atoms with Crippen LogP contribution in [0.1, 0.15) is 58.3 Å². The Morgan fingerprint density at radius 3 is 2.35 bits per heavy atom. The number of nitrogens with one attached hydrogen (secondary N) is 2. The van der Waals surface area contributed by atoms with Crippen LogP contribution in [0.5, 0.6) is 0 Å².